The van der Waals surface area contributed by atoms with Crippen molar-refractivity contribution < 1.29 is 32.3 Å². The molecule has 28 heavy (non-hydrogen) atoms. The minimum atomic E-state index is -4.76. The molecule has 0 saturated carbocycles. The number of benzene rings is 2. The molecule has 1 fully saturated rings. The summed E-state index contributed by atoms with van der Waals surface area (Å²) >= 11 is 0. The van der Waals surface area contributed by atoms with Crippen LogP contribution in [0.4, 0.5) is 17.6 Å². The molecule has 1 heterocycles. The van der Waals surface area contributed by atoms with Gasteiger partial charge in [0.2, 0.25) is 0 Å². The predicted molar refractivity (Wildman–Crippen MR) is 93.1 cm³/mol. The van der Waals surface area contributed by atoms with Crippen LogP contribution in [0.2, 0.25) is 0 Å². The number of hydrogen-bond acceptors (Lipinski definition) is 2. The van der Waals surface area contributed by atoms with E-state index in [0.717, 1.165) is 22.1 Å². The molecule has 2 aromatic carbocycles. The van der Waals surface area contributed by atoms with E-state index in [1.807, 2.05) is 19.1 Å². The summed E-state index contributed by atoms with van der Waals surface area (Å²) in [5.74, 6) is -7.40. The first-order valence-electron chi connectivity index (χ1n) is 8.53. The first kappa shape index (κ1) is 19.9. The number of nitrogens with zero attached hydrogens (tertiary/aromatic N) is 1. The molecule has 1 N–H and O–H groups in total. The van der Waals surface area contributed by atoms with Gasteiger partial charge in [0.1, 0.15) is 5.82 Å². The van der Waals surface area contributed by atoms with Gasteiger partial charge in [0.25, 0.3) is 5.91 Å². The Morgan fingerprint density at radius 3 is 2.14 bits per heavy atom. The third-order valence-corrected chi connectivity index (χ3v) is 4.93. The Labute approximate surface area is 158 Å². The molecule has 0 unspecified atom stereocenters. The van der Waals surface area contributed by atoms with Crippen LogP contribution in [0, 0.1) is 24.6 Å². The standard InChI is InChI=1S/C20H17F4NO3/c1-11-2-4-12(5-3-11)13-6-7-14(17(21)8-13)18(26)25-9-15(19(27)28)16(10-25)20(22,23)24/h2-8,15-16H,9-10H2,1H3,(H,27,28)/t15-,16-/m1/s1. The van der Waals surface area contributed by atoms with Crippen LogP contribution in [0.1, 0.15) is 15.9 Å². The van der Waals surface area contributed by atoms with Gasteiger partial charge in [-0.15, -0.1) is 0 Å². The molecule has 0 aromatic heterocycles. The molecule has 1 aliphatic heterocycles. The van der Waals surface area contributed by atoms with Crippen molar-refractivity contribution in [2.75, 3.05) is 13.1 Å². The Kier molecular flexibility index (Phi) is 5.14. The Morgan fingerprint density at radius 1 is 1.04 bits per heavy atom. The lowest BCUT2D eigenvalue weighted by Gasteiger charge is -2.18. The number of aryl methyl sites for hydroxylation is 1. The Bertz CT molecular complexity index is 909. The quantitative estimate of drug-likeness (QED) is 0.795. The lowest BCUT2D eigenvalue weighted by Crippen LogP contribution is -2.34. The first-order valence-corrected chi connectivity index (χ1v) is 8.53. The third-order valence-electron chi connectivity index (χ3n) is 4.93. The monoisotopic (exact) mass is 395 g/mol. The van der Waals surface area contributed by atoms with E-state index in [1.165, 1.54) is 12.1 Å². The molecule has 2 aromatic rings. The van der Waals surface area contributed by atoms with E-state index in [1.54, 1.807) is 12.1 Å². The number of likely N-dealkylation sites (tertiary alicyclic amines) is 1. The fraction of sp³-hybridized carbons (Fsp3) is 0.300. The Balaban J connectivity index is 1.85. The molecule has 4 nitrogen and oxygen atoms in total. The van der Waals surface area contributed by atoms with Crippen molar-refractivity contribution in [2.45, 2.75) is 13.1 Å². The fourth-order valence-electron chi connectivity index (χ4n) is 3.34. The summed E-state index contributed by atoms with van der Waals surface area (Å²) < 4.78 is 53.8. The lowest BCUT2D eigenvalue weighted by atomic mass is 9.96. The highest BCUT2D eigenvalue weighted by Gasteiger charge is 2.53. The van der Waals surface area contributed by atoms with Gasteiger partial charge >= 0.3 is 12.1 Å². The molecular weight excluding hydrogens is 378 g/mol. The predicted octanol–water partition coefficient (Wildman–Crippen LogP) is 4.14. The van der Waals surface area contributed by atoms with Gasteiger partial charge in [-0.2, -0.15) is 13.2 Å². The van der Waals surface area contributed by atoms with Gasteiger partial charge in [0.05, 0.1) is 17.4 Å². The number of halogens is 4. The molecule has 0 aliphatic carbocycles. The second-order valence-electron chi connectivity index (χ2n) is 6.86. The molecule has 0 bridgehead atoms. The number of carboxylic acids is 1. The van der Waals surface area contributed by atoms with Crippen molar-refractivity contribution in [3.8, 4) is 11.1 Å². The van der Waals surface area contributed by atoms with Crippen molar-refractivity contribution in [3.05, 3.63) is 59.4 Å². The second-order valence-corrected chi connectivity index (χ2v) is 6.86. The minimum absolute atomic E-state index is 0.386. The number of carbonyl (C=O) groups is 2. The largest absolute Gasteiger partial charge is 0.481 e. The van der Waals surface area contributed by atoms with Gasteiger partial charge in [-0.1, -0.05) is 35.9 Å². The van der Waals surface area contributed by atoms with Gasteiger partial charge < -0.3 is 10.0 Å². The van der Waals surface area contributed by atoms with Crippen LogP contribution in [0.5, 0.6) is 0 Å². The van der Waals surface area contributed by atoms with Crippen molar-refractivity contribution in [3.63, 3.8) is 0 Å². The zero-order chi connectivity index (χ0) is 20.6. The van der Waals surface area contributed by atoms with Crippen LogP contribution in [-0.4, -0.2) is 41.1 Å². The first-order chi connectivity index (χ1) is 13.1. The molecule has 1 saturated heterocycles. The van der Waals surface area contributed by atoms with E-state index in [2.05, 4.69) is 0 Å². The molecule has 1 amide bonds. The zero-order valence-corrected chi connectivity index (χ0v) is 14.8. The summed E-state index contributed by atoms with van der Waals surface area (Å²) in [5.41, 5.74) is 1.89. The van der Waals surface area contributed by atoms with E-state index in [4.69, 9.17) is 5.11 Å². The van der Waals surface area contributed by atoms with Crippen molar-refractivity contribution >= 4 is 11.9 Å². The number of hydrogen-bond donors (Lipinski definition) is 1. The lowest BCUT2D eigenvalue weighted by molar-refractivity contribution is -0.187. The van der Waals surface area contributed by atoms with E-state index in [-0.39, 0.29) is 5.56 Å². The average Bonchev–Trinajstić information content (AvgIpc) is 3.08. The number of amides is 1. The van der Waals surface area contributed by atoms with Gasteiger partial charge in [0, 0.05) is 13.1 Å². The van der Waals surface area contributed by atoms with Crippen LogP contribution in [0.25, 0.3) is 11.1 Å². The number of rotatable bonds is 3. The van der Waals surface area contributed by atoms with Gasteiger partial charge in [-0.3, -0.25) is 9.59 Å². The highest BCUT2D eigenvalue weighted by atomic mass is 19.4. The Hall–Kier alpha value is -2.90. The van der Waals surface area contributed by atoms with Crippen molar-refractivity contribution in [1.29, 1.82) is 0 Å². The number of carbonyl (C=O) groups excluding carboxylic acids is 1. The summed E-state index contributed by atoms with van der Waals surface area (Å²) in [4.78, 5) is 24.4. The molecule has 2 atom stereocenters. The number of alkyl halides is 3. The SMILES string of the molecule is Cc1ccc(-c2ccc(C(=O)N3C[C@@H](C(F)(F)F)[C@H](C(=O)O)C3)c(F)c2)cc1. The smallest absolute Gasteiger partial charge is 0.394 e. The number of carboxylic acid groups (broad SMARTS) is 1. The van der Waals surface area contributed by atoms with Crippen LogP contribution in [0.15, 0.2) is 42.5 Å². The zero-order valence-electron chi connectivity index (χ0n) is 14.8. The van der Waals surface area contributed by atoms with Gasteiger partial charge in [0.15, 0.2) is 0 Å². The van der Waals surface area contributed by atoms with Crippen LogP contribution < -0.4 is 0 Å². The second kappa shape index (κ2) is 7.26. The van der Waals surface area contributed by atoms with E-state index >= 15 is 0 Å². The molecule has 8 heteroatoms. The highest BCUT2D eigenvalue weighted by molar-refractivity contribution is 5.95. The summed E-state index contributed by atoms with van der Waals surface area (Å²) in [5, 5.41) is 9.04. The summed E-state index contributed by atoms with van der Waals surface area (Å²) in [6.45, 7) is 0.483. The third kappa shape index (κ3) is 3.85. The van der Waals surface area contributed by atoms with Gasteiger partial charge in [-0.25, -0.2) is 4.39 Å². The van der Waals surface area contributed by atoms with Crippen LogP contribution in [-0.2, 0) is 4.79 Å². The maximum absolute atomic E-state index is 14.5. The number of aliphatic carboxylic acids is 1. The molecule has 0 radical (unpaired) electrons. The summed E-state index contributed by atoms with van der Waals surface area (Å²) in [6, 6.07) is 11.1. The average molecular weight is 395 g/mol. The molecule has 0 spiro atoms. The van der Waals surface area contributed by atoms with E-state index in [9.17, 15) is 27.2 Å². The van der Waals surface area contributed by atoms with Crippen molar-refractivity contribution in [2.24, 2.45) is 11.8 Å². The minimum Gasteiger partial charge on any atom is -0.481 e. The fourth-order valence-corrected chi connectivity index (χ4v) is 3.34. The molecule has 1 aliphatic rings. The van der Waals surface area contributed by atoms with Gasteiger partial charge in [-0.05, 0) is 30.2 Å². The van der Waals surface area contributed by atoms with Crippen LogP contribution in [0.3, 0.4) is 0 Å². The van der Waals surface area contributed by atoms with E-state index < -0.39 is 48.8 Å². The molecular formula is C20H17F4NO3. The topological polar surface area (TPSA) is 57.6 Å². The molecule has 3 rings (SSSR count). The Morgan fingerprint density at radius 2 is 1.64 bits per heavy atom. The normalized spacial score (nSPS) is 19.7. The van der Waals surface area contributed by atoms with E-state index in [0.29, 0.717) is 5.56 Å². The maximum atomic E-state index is 14.5. The van der Waals surface area contributed by atoms with Crippen LogP contribution >= 0.6 is 0 Å². The maximum Gasteiger partial charge on any atom is 0.394 e. The summed E-state index contributed by atoms with van der Waals surface area (Å²) in [6.07, 6.45) is -4.76. The van der Waals surface area contributed by atoms with Crippen molar-refractivity contribution in [1.82, 2.24) is 4.90 Å². The molecule has 148 valence electrons. The highest BCUT2D eigenvalue weighted by Crippen LogP contribution is 2.38. The summed E-state index contributed by atoms with van der Waals surface area (Å²) in [7, 11) is 0.